The summed E-state index contributed by atoms with van der Waals surface area (Å²) >= 11 is 1.25. The maximum absolute atomic E-state index is 13.5. The maximum Gasteiger partial charge on any atom is 0.331 e. The number of urea groups is 1. The third kappa shape index (κ3) is 4.85. The number of hydrogen-bond donors (Lipinski definition) is 4. The maximum atomic E-state index is 13.5. The molecular weight excluding hydrogens is 528 g/mol. The van der Waals surface area contributed by atoms with Crippen molar-refractivity contribution in [1.82, 2.24) is 15.6 Å². The number of nitrogens with one attached hydrogen (secondary N) is 3. The summed E-state index contributed by atoms with van der Waals surface area (Å²) in [7, 11) is 0. The van der Waals surface area contributed by atoms with Gasteiger partial charge in [0.1, 0.15) is 21.2 Å². The molecule has 0 bridgehead atoms. The Bertz CT molecular complexity index is 1620. The Morgan fingerprint density at radius 1 is 1.07 bits per heavy atom. The van der Waals surface area contributed by atoms with Crippen LogP contribution in [-0.2, 0) is 4.79 Å². The van der Waals surface area contributed by atoms with Gasteiger partial charge in [-0.05, 0) is 68.1 Å². The van der Waals surface area contributed by atoms with Gasteiger partial charge in [-0.15, -0.1) is 11.3 Å². The van der Waals surface area contributed by atoms with Gasteiger partial charge >= 0.3 is 6.03 Å². The minimum atomic E-state index is -0.363. The molecule has 11 heteroatoms. The highest BCUT2D eigenvalue weighted by molar-refractivity contribution is 7.21. The highest BCUT2D eigenvalue weighted by Crippen LogP contribution is 2.46. The molecular formula is C29H28N6O4S. The van der Waals surface area contributed by atoms with Crippen molar-refractivity contribution in [2.75, 3.05) is 16.8 Å². The van der Waals surface area contributed by atoms with Crippen LogP contribution in [0.25, 0.3) is 10.2 Å². The molecule has 5 N–H and O–H groups in total. The van der Waals surface area contributed by atoms with Crippen molar-refractivity contribution in [3.8, 4) is 11.5 Å². The number of anilines is 3. The van der Waals surface area contributed by atoms with E-state index in [1.165, 1.54) is 11.3 Å². The predicted molar refractivity (Wildman–Crippen MR) is 155 cm³/mol. The van der Waals surface area contributed by atoms with Gasteiger partial charge in [-0.1, -0.05) is 18.2 Å². The summed E-state index contributed by atoms with van der Waals surface area (Å²) in [6, 6.07) is 16.4. The first-order valence-electron chi connectivity index (χ1n) is 13.1. The van der Waals surface area contributed by atoms with Crippen LogP contribution < -0.4 is 31.3 Å². The van der Waals surface area contributed by atoms with E-state index in [4.69, 9.17) is 10.5 Å². The van der Waals surface area contributed by atoms with Crippen molar-refractivity contribution in [2.24, 2.45) is 5.73 Å². The van der Waals surface area contributed by atoms with Gasteiger partial charge < -0.3 is 26.4 Å². The Balaban J connectivity index is 1.26. The fourth-order valence-electron chi connectivity index (χ4n) is 5.33. The van der Waals surface area contributed by atoms with Crippen LogP contribution in [0.15, 0.2) is 60.8 Å². The average molecular weight is 557 g/mol. The zero-order valence-electron chi connectivity index (χ0n) is 21.8. The van der Waals surface area contributed by atoms with Gasteiger partial charge in [-0.2, -0.15) is 0 Å². The summed E-state index contributed by atoms with van der Waals surface area (Å²) in [5.41, 5.74) is 8.07. The van der Waals surface area contributed by atoms with Crippen LogP contribution >= 0.6 is 11.3 Å². The van der Waals surface area contributed by atoms with Crippen LogP contribution in [0.4, 0.5) is 21.9 Å². The molecule has 10 nitrogen and oxygen atoms in total. The van der Waals surface area contributed by atoms with Gasteiger partial charge in [0.2, 0.25) is 5.91 Å². The normalized spacial score (nSPS) is 17.9. The number of amides is 4. The molecule has 204 valence electrons. The summed E-state index contributed by atoms with van der Waals surface area (Å²) in [6.45, 7) is 1.86. The van der Waals surface area contributed by atoms with Crippen LogP contribution in [-0.4, -0.2) is 41.5 Å². The molecule has 1 aliphatic heterocycles. The molecule has 2 aromatic heterocycles. The molecule has 0 spiro atoms. The molecule has 3 heterocycles. The lowest BCUT2D eigenvalue weighted by Crippen LogP contribution is -2.39. The number of pyridine rings is 1. The number of rotatable bonds is 7. The third-order valence-corrected chi connectivity index (χ3v) is 8.26. The molecule has 6 rings (SSSR count). The summed E-state index contributed by atoms with van der Waals surface area (Å²) in [4.78, 5) is 45.6. The lowest BCUT2D eigenvalue weighted by atomic mass is 10.1. The van der Waals surface area contributed by atoms with Crippen molar-refractivity contribution >= 4 is 56.5 Å². The minimum absolute atomic E-state index is 0.0173. The fourth-order valence-corrected chi connectivity index (χ4v) is 6.35. The van der Waals surface area contributed by atoms with E-state index in [0.29, 0.717) is 38.9 Å². The van der Waals surface area contributed by atoms with Crippen molar-refractivity contribution in [1.29, 1.82) is 0 Å². The third-order valence-electron chi connectivity index (χ3n) is 7.16. The van der Waals surface area contributed by atoms with Crippen molar-refractivity contribution in [3.63, 3.8) is 0 Å². The zero-order chi connectivity index (χ0) is 27.8. The second kappa shape index (κ2) is 10.6. The van der Waals surface area contributed by atoms with Crippen molar-refractivity contribution in [3.05, 3.63) is 71.2 Å². The number of nitrogens with zero attached hydrogens (tertiary/aromatic N) is 2. The van der Waals surface area contributed by atoms with E-state index in [2.05, 4.69) is 20.9 Å². The monoisotopic (exact) mass is 556 g/mol. The minimum Gasteiger partial charge on any atom is -0.457 e. The molecule has 4 amide bonds. The molecule has 4 aromatic rings. The topological polar surface area (TPSA) is 139 Å². The van der Waals surface area contributed by atoms with Crippen LogP contribution in [0.3, 0.4) is 0 Å². The van der Waals surface area contributed by atoms with Crippen molar-refractivity contribution in [2.45, 2.75) is 38.3 Å². The van der Waals surface area contributed by atoms with E-state index in [0.717, 1.165) is 29.5 Å². The predicted octanol–water partition coefficient (Wildman–Crippen LogP) is 4.81. The number of aryl methyl sites for hydroxylation is 1. The number of thiophene rings is 1. The van der Waals surface area contributed by atoms with E-state index in [1.807, 2.05) is 55.5 Å². The molecule has 2 atom stereocenters. The van der Waals surface area contributed by atoms with Crippen LogP contribution in [0.5, 0.6) is 11.5 Å². The zero-order valence-corrected chi connectivity index (χ0v) is 22.6. The molecule has 1 aliphatic carbocycles. The summed E-state index contributed by atoms with van der Waals surface area (Å²) < 4.78 is 5.96. The van der Waals surface area contributed by atoms with E-state index >= 15 is 0 Å². The number of ether oxygens (including phenoxy) is 1. The SMILES string of the molecule is Cc1cc(Oc2ccccc2)ccc1N1C(=O)Nc2c(C(=O)N[C@@H]3CC[C@@H](NC(=O)CN)C3)sc3nccc1c23. The quantitative estimate of drug-likeness (QED) is 0.258. The van der Waals surface area contributed by atoms with Gasteiger partial charge in [0, 0.05) is 18.3 Å². The Morgan fingerprint density at radius 3 is 2.60 bits per heavy atom. The summed E-state index contributed by atoms with van der Waals surface area (Å²) in [6.07, 6.45) is 3.79. The first kappa shape index (κ1) is 25.8. The Morgan fingerprint density at radius 2 is 1.85 bits per heavy atom. The number of nitrogens with two attached hydrogens (primary N) is 1. The molecule has 0 radical (unpaired) electrons. The van der Waals surface area contributed by atoms with Gasteiger partial charge in [0.05, 0.1) is 29.0 Å². The molecule has 2 aliphatic rings. The van der Waals surface area contributed by atoms with Gasteiger partial charge in [0.15, 0.2) is 0 Å². The van der Waals surface area contributed by atoms with E-state index in [1.54, 1.807) is 17.2 Å². The van der Waals surface area contributed by atoms with Crippen molar-refractivity contribution < 1.29 is 19.1 Å². The average Bonchev–Trinajstić information content (AvgIpc) is 3.55. The number of carbonyl (C=O) groups is 3. The second-order valence-corrected chi connectivity index (χ2v) is 10.9. The van der Waals surface area contributed by atoms with Gasteiger partial charge in [-0.3, -0.25) is 14.5 Å². The highest BCUT2D eigenvalue weighted by atomic mass is 32.1. The molecule has 1 fully saturated rings. The smallest absolute Gasteiger partial charge is 0.331 e. The standard InChI is InChI=1S/C29H28N6O4S/c1-16-13-20(39-19-5-3-2-4-6-19)9-10-21(16)35-22-11-12-31-28-24(22)25(34-29(35)38)26(40-28)27(37)33-18-8-7-17(14-18)32-23(36)15-30/h2-6,9-13,17-18H,7-8,14-15,30H2,1H3,(H,32,36)(H,33,37)(H,34,38)/t17-,18-/m1/s1. The second-order valence-electron chi connectivity index (χ2n) is 9.90. The summed E-state index contributed by atoms with van der Waals surface area (Å²) in [5, 5.41) is 9.62. The number of carbonyl (C=O) groups excluding carboxylic acids is 3. The number of aromatic nitrogens is 1. The molecule has 0 saturated heterocycles. The van der Waals surface area contributed by atoms with Crippen LogP contribution in [0.2, 0.25) is 0 Å². The largest absolute Gasteiger partial charge is 0.457 e. The molecule has 40 heavy (non-hydrogen) atoms. The van der Waals surface area contributed by atoms with Gasteiger partial charge in [-0.25, -0.2) is 9.78 Å². The number of benzene rings is 2. The first-order chi connectivity index (χ1) is 19.4. The van der Waals surface area contributed by atoms with E-state index in [9.17, 15) is 14.4 Å². The Hall–Kier alpha value is -4.48. The van der Waals surface area contributed by atoms with E-state index < -0.39 is 0 Å². The lowest BCUT2D eigenvalue weighted by molar-refractivity contribution is -0.120. The lowest BCUT2D eigenvalue weighted by Gasteiger charge is -2.29. The number of hydrogen-bond acceptors (Lipinski definition) is 7. The molecule has 2 aromatic carbocycles. The fraction of sp³-hybridized carbons (Fsp3) is 0.241. The van der Waals surface area contributed by atoms with Crippen LogP contribution in [0, 0.1) is 6.92 Å². The van der Waals surface area contributed by atoms with E-state index in [-0.39, 0.29) is 36.5 Å². The van der Waals surface area contributed by atoms with Gasteiger partial charge in [0.25, 0.3) is 5.91 Å². The Labute approximate surface area is 234 Å². The highest BCUT2D eigenvalue weighted by Gasteiger charge is 2.34. The van der Waals surface area contributed by atoms with Crippen LogP contribution in [0.1, 0.15) is 34.5 Å². The Kier molecular flexibility index (Phi) is 6.82. The number of para-hydroxylation sites is 1. The molecule has 0 unspecified atom stereocenters. The summed E-state index contributed by atoms with van der Waals surface area (Å²) in [5.74, 6) is 0.914. The first-order valence-corrected chi connectivity index (χ1v) is 13.9. The molecule has 1 saturated carbocycles.